The highest BCUT2D eigenvalue weighted by Crippen LogP contribution is 2.37. The van der Waals surface area contributed by atoms with Gasteiger partial charge in [0.2, 0.25) is 0 Å². The number of thioether (sulfide) groups is 1. The summed E-state index contributed by atoms with van der Waals surface area (Å²) in [6.07, 6.45) is 1.76. The summed E-state index contributed by atoms with van der Waals surface area (Å²) in [6, 6.07) is 9.76. The van der Waals surface area contributed by atoms with Crippen molar-refractivity contribution < 1.29 is 13.9 Å². The maximum Gasteiger partial charge on any atom is 0.270 e. The van der Waals surface area contributed by atoms with Gasteiger partial charge in [0.15, 0.2) is 4.32 Å². The van der Waals surface area contributed by atoms with E-state index >= 15 is 0 Å². The first-order valence-corrected chi connectivity index (χ1v) is 8.88. The van der Waals surface area contributed by atoms with E-state index in [4.69, 9.17) is 28.6 Å². The number of carbonyl (C=O) groups excluding carboxylic acids is 1. The number of amides is 1. The third-order valence-corrected chi connectivity index (χ3v) is 5.28. The highest BCUT2D eigenvalue weighted by atomic mass is 35.5. The lowest BCUT2D eigenvalue weighted by Crippen LogP contribution is -2.27. The molecule has 0 aromatic heterocycles. The van der Waals surface area contributed by atoms with Crippen LogP contribution in [0.4, 0.5) is 10.1 Å². The Morgan fingerprint density at radius 2 is 2.04 bits per heavy atom. The SMILES string of the molecule is COc1cc(C=C2SC(=S)N(c3ccc(F)c(Cl)c3)C2=O)ccc1C. The van der Waals surface area contributed by atoms with E-state index in [1.54, 1.807) is 13.2 Å². The van der Waals surface area contributed by atoms with E-state index in [-0.39, 0.29) is 10.9 Å². The Hall–Kier alpha value is -1.89. The van der Waals surface area contributed by atoms with Gasteiger partial charge in [-0.1, -0.05) is 47.7 Å². The Labute approximate surface area is 159 Å². The number of hydrogen-bond donors (Lipinski definition) is 0. The molecule has 0 bridgehead atoms. The number of carbonyl (C=O) groups is 1. The van der Waals surface area contributed by atoms with Gasteiger partial charge in [-0.05, 0) is 48.4 Å². The maximum atomic E-state index is 13.4. The zero-order valence-electron chi connectivity index (χ0n) is 13.4. The molecule has 7 heteroatoms. The van der Waals surface area contributed by atoms with Crippen LogP contribution in [-0.2, 0) is 4.79 Å². The van der Waals surface area contributed by atoms with Gasteiger partial charge in [-0.15, -0.1) is 0 Å². The topological polar surface area (TPSA) is 29.5 Å². The second kappa shape index (κ2) is 7.15. The molecule has 128 valence electrons. The number of methoxy groups -OCH3 is 1. The number of halogens is 2. The second-order valence-corrected chi connectivity index (χ2v) is 7.43. The minimum absolute atomic E-state index is 0.0567. The average molecular weight is 394 g/mol. The quantitative estimate of drug-likeness (QED) is 0.529. The molecule has 2 aromatic rings. The van der Waals surface area contributed by atoms with Crippen molar-refractivity contribution in [3.8, 4) is 5.75 Å². The average Bonchev–Trinajstić information content (AvgIpc) is 2.86. The fourth-order valence-electron chi connectivity index (χ4n) is 2.39. The zero-order valence-corrected chi connectivity index (χ0v) is 15.8. The predicted molar refractivity (Wildman–Crippen MR) is 105 cm³/mol. The summed E-state index contributed by atoms with van der Waals surface area (Å²) in [6.45, 7) is 1.94. The first kappa shape index (κ1) is 17.9. The van der Waals surface area contributed by atoms with Gasteiger partial charge in [0.1, 0.15) is 11.6 Å². The van der Waals surface area contributed by atoms with Gasteiger partial charge < -0.3 is 4.74 Å². The van der Waals surface area contributed by atoms with Crippen LogP contribution in [0.2, 0.25) is 5.02 Å². The molecule has 2 aromatic carbocycles. The molecule has 1 saturated heterocycles. The molecular weight excluding hydrogens is 381 g/mol. The van der Waals surface area contributed by atoms with E-state index in [1.807, 2.05) is 25.1 Å². The van der Waals surface area contributed by atoms with Crippen molar-refractivity contribution in [3.63, 3.8) is 0 Å². The number of benzene rings is 2. The largest absolute Gasteiger partial charge is 0.496 e. The molecule has 0 radical (unpaired) electrons. The van der Waals surface area contributed by atoms with Gasteiger partial charge >= 0.3 is 0 Å². The molecule has 0 unspecified atom stereocenters. The van der Waals surface area contributed by atoms with Crippen LogP contribution < -0.4 is 9.64 Å². The van der Waals surface area contributed by atoms with Crippen LogP contribution in [0.5, 0.6) is 5.75 Å². The molecule has 25 heavy (non-hydrogen) atoms. The number of anilines is 1. The fourth-order valence-corrected chi connectivity index (χ4v) is 3.87. The molecule has 0 N–H and O–H groups in total. The summed E-state index contributed by atoms with van der Waals surface area (Å²) < 4.78 is 19.0. The molecule has 0 spiro atoms. The molecule has 1 heterocycles. The summed E-state index contributed by atoms with van der Waals surface area (Å²) in [5, 5.41) is -0.0567. The smallest absolute Gasteiger partial charge is 0.270 e. The van der Waals surface area contributed by atoms with Crippen molar-refractivity contribution in [2.45, 2.75) is 6.92 Å². The normalized spacial score (nSPS) is 16.0. The van der Waals surface area contributed by atoms with E-state index in [9.17, 15) is 9.18 Å². The van der Waals surface area contributed by atoms with Crippen molar-refractivity contribution in [2.75, 3.05) is 12.0 Å². The minimum atomic E-state index is -0.543. The van der Waals surface area contributed by atoms with Crippen molar-refractivity contribution in [1.29, 1.82) is 0 Å². The van der Waals surface area contributed by atoms with Crippen LogP contribution in [-0.4, -0.2) is 17.3 Å². The molecule has 0 saturated carbocycles. The molecular formula is C18H13ClFNO2S2. The maximum absolute atomic E-state index is 13.4. The number of ether oxygens (including phenoxy) is 1. The van der Waals surface area contributed by atoms with Crippen LogP contribution in [0.1, 0.15) is 11.1 Å². The number of nitrogens with zero attached hydrogens (tertiary/aromatic N) is 1. The summed E-state index contributed by atoms with van der Waals surface area (Å²) in [4.78, 5) is 14.6. The number of aryl methyl sites for hydroxylation is 1. The van der Waals surface area contributed by atoms with Crippen LogP contribution >= 0.6 is 35.6 Å². The third-order valence-electron chi connectivity index (χ3n) is 3.68. The van der Waals surface area contributed by atoms with Gasteiger partial charge in [0.05, 0.1) is 22.7 Å². The molecule has 0 atom stereocenters. The first-order chi connectivity index (χ1) is 11.9. The summed E-state index contributed by atoms with van der Waals surface area (Å²) in [5.74, 6) is -0.0649. The monoisotopic (exact) mass is 393 g/mol. The molecule has 1 aliphatic rings. The Morgan fingerprint density at radius 3 is 2.72 bits per heavy atom. The summed E-state index contributed by atoms with van der Waals surface area (Å²) in [5.41, 5.74) is 2.28. The molecule has 3 rings (SSSR count). The van der Waals surface area contributed by atoms with E-state index in [2.05, 4.69) is 0 Å². The minimum Gasteiger partial charge on any atom is -0.496 e. The van der Waals surface area contributed by atoms with E-state index in [0.29, 0.717) is 14.9 Å². The molecule has 3 nitrogen and oxygen atoms in total. The Bertz CT molecular complexity index is 914. The van der Waals surface area contributed by atoms with Crippen molar-refractivity contribution >= 4 is 57.6 Å². The van der Waals surface area contributed by atoms with Crippen LogP contribution in [0.3, 0.4) is 0 Å². The van der Waals surface area contributed by atoms with Crippen LogP contribution in [0.15, 0.2) is 41.3 Å². The number of thiocarbonyl (C=S) groups is 1. The van der Waals surface area contributed by atoms with Crippen molar-refractivity contribution in [1.82, 2.24) is 0 Å². The Kier molecular flexibility index (Phi) is 5.13. The lowest BCUT2D eigenvalue weighted by molar-refractivity contribution is -0.113. The van der Waals surface area contributed by atoms with Gasteiger partial charge in [0.25, 0.3) is 5.91 Å². The number of hydrogen-bond acceptors (Lipinski definition) is 4. The number of rotatable bonds is 3. The van der Waals surface area contributed by atoms with E-state index < -0.39 is 5.82 Å². The van der Waals surface area contributed by atoms with Gasteiger partial charge in [0, 0.05) is 0 Å². The third kappa shape index (κ3) is 3.56. The van der Waals surface area contributed by atoms with Gasteiger partial charge in [-0.25, -0.2) is 4.39 Å². The highest BCUT2D eigenvalue weighted by Gasteiger charge is 2.33. The van der Waals surface area contributed by atoms with Crippen molar-refractivity contribution in [2.24, 2.45) is 0 Å². The molecule has 1 fully saturated rings. The van der Waals surface area contributed by atoms with Crippen LogP contribution in [0.25, 0.3) is 6.08 Å². The van der Waals surface area contributed by atoms with Gasteiger partial charge in [-0.2, -0.15) is 0 Å². The molecule has 1 aliphatic heterocycles. The first-order valence-electron chi connectivity index (χ1n) is 7.28. The van der Waals surface area contributed by atoms with Crippen molar-refractivity contribution in [3.05, 3.63) is 63.3 Å². The Balaban J connectivity index is 1.94. The lowest BCUT2D eigenvalue weighted by atomic mass is 10.1. The van der Waals surface area contributed by atoms with Gasteiger partial charge in [-0.3, -0.25) is 9.69 Å². The lowest BCUT2D eigenvalue weighted by Gasteiger charge is -2.14. The van der Waals surface area contributed by atoms with E-state index in [1.165, 1.54) is 34.9 Å². The Morgan fingerprint density at radius 1 is 1.28 bits per heavy atom. The highest BCUT2D eigenvalue weighted by molar-refractivity contribution is 8.27. The molecule has 1 amide bonds. The zero-order chi connectivity index (χ0) is 18.1. The summed E-state index contributed by atoms with van der Waals surface area (Å²) >= 11 is 12.3. The standard InChI is InChI=1S/C18H13ClFNO2S2/c1-10-3-4-11(7-15(10)23-2)8-16-17(22)21(18(24)25-16)12-5-6-14(20)13(19)9-12/h3-9H,1-2H3. The predicted octanol–water partition coefficient (Wildman–Crippen LogP) is 5.20. The second-order valence-electron chi connectivity index (χ2n) is 5.34. The fraction of sp³-hybridized carbons (Fsp3) is 0.111. The summed E-state index contributed by atoms with van der Waals surface area (Å²) in [7, 11) is 1.60. The van der Waals surface area contributed by atoms with Crippen LogP contribution in [0, 0.1) is 12.7 Å². The molecule has 0 aliphatic carbocycles. The van der Waals surface area contributed by atoms with E-state index in [0.717, 1.165) is 16.9 Å².